The third-order valence-electron chi connectivity index (χ3n) is 6.58. The molecule has 0 aliphatic carbocycles. The molecule has 0 spiro atoms. The van der Waals surface area contributed by atoms with Crippen molar-refractivity contribution in [3.8, 4) is 0 Å². The van der Waals surface area contributed by atoms with Crippen molar-refractivity contribution >= 4 is 40.4 Å². The van der Waals surface area contributed by atoms with Gasteiger partial charge in [-0.05, 0) is 67.8 Å². The molecule has 0 aliphatic rings. The maximum absolute atomic E-state index is 13.5. The van der Waals surface area contributed by atoms with Crippen molar-refractivity contribution in [3.63, 3.8) is 0 Å². The van der Waals surface area contributed by atoms with Crippen LogP contribution >= 0.6 is 0 Å². The number of amidine groups is 1. The van der Waals surface area contributed by atoms with Crippen molar-refractivity contribution in [1.82, 2.24) is 10.1 Å². The van der Waals surface area contributed by atoms with Gasteiger partial charge in [0.15, 0.2) is 5.76 Å². The lowest BCUT2D eigenvalue weighted by atomic mass is 10.0. The first-order valence-corrected chi connectivity index (χ1v) is 13.7. The molecule has 9 nitrogen and oxygen atoms in total. The zero-order valence-electron chi connectivity index (χ0n) is 23.6. The highest BCUT2D eigenvalue weighted by atomic mass is 19.1. The predicted octanol–water partition coefficient (Wildman–Crippen LogP) is 6.59. The number of hydrogen-bond acceptors (Lipinski definition) is 7. The highest BCUT2D eigenvalue weighted by Gasteiger charge is 2.17. The minimum atomic E-state index is -0.897. The van der Waals surface area contributed by atoms with Crippen molar-refractivity contribution in [2.75, 3.05) is 4.90 Å². The number of pyridine rings is 1. The van der Waals surface area contributed by atoms with E-state index in [2.05, 4.69) is 15.1 Å². The largest absolute Gasteiger partial charge is 0.481 e. The number of halogens is 1. The number of allylic oxidation sites excluding steroid dienone is 5. The van der Waals surface area contributed by atoms with Crippen LogP contribution in [0.3, 0.4) is 0 Å². The van der Waals surface area contributed by atoms with Gasteiger partial charge in [0.1, 0.15) is 17.3 Å². The number of carboxylic acids is 1. The van der Waals surface area contributed by atoms with Crippen molar-refractivity contribution < 1.29 is 23.6 Å². The molecule has 1 unspecified atom stereocenters. The van der Waals surface area contributed by atoms with E-state index in [0.29, 0.717) is 54.2 Å². The second-order valence-corrected chi connectivity index (χ2v) is 9.62. The summed E-state index contributed by atoms with van der Waals surface area (Å²) in [6, 6.07) is 16.4. The topological polar surface area (TPSA) is 135 Å². The first kappa shape index (κ1) is 30.7. The number of benzene rings is 2. The summed E-state index contributed by atoms with van der Waals surface area (Å²) in [7, 11) is 0. The number of aromatic nitrogens is 2. The van der Waals surface area contributed by atoms with Gasteiger partial charge in [-0.2, -0.15) is 0 Å². The van der Waals surface area contributed by atoms with Gasteiger partial charge >= 0.3 is 5.97 Å². The molecule has 2 aromatic carbocycles. The molecule has 0 saturated carbocycles. The normalized spacial score (nSPS) is 13.2. The highest BCUT2D eigenvalue weighted by molar-refractivity contribution is 6.10. The summed E-state index contributed by atoms with van der Waals surface area (Å²) in [5, 5.41) is 14.2. The molecule has 3 N–H and O–H groups in total. The number of unbranched alkanes of at least 4 members (excludes halogenated alkanes) is 1. The quantitative estimate of drug-likeness (QED) is 0.0598. The number of aliphatic carboxylic acids is 1. The van der Waals surface area contributed by atoms with Crippen LogP contribution in [0.1, 0.15) is 55.7 Å². The number of nitrogens with two attached hydrogens (primary N) is 1. The lowest BCUT2D eigenvalue weighted by Crippen LogP contribution is -2.29. The predicted molar refractivity (Wildman–Crippen MR) is 165 cm³/mol. The molecule has 10 heteroatoms. The number of carbonyl (C=O) groups is 2. The molecular weight excluding hydrogens is 549 g/mol. The van der Waals surface area contributed by atoms with Crippen molar-refractivity contribution in [3.05, 3.63) is 120 Å². The van der Waals surface area contributed by atoms with E-state index in [4.69, 9.17) is 15.4 Å². The maximum Gasteiger partial charge on any atom is 0.303 e. The molecule has 0 bridgehead atoms. The third-order valence-corrected chi connectivity index (χ3v) is 6.58. The number of nitrogens with zero attached hydrogens (tertiary/aromatic N) is 4. The van der Waals surface area contributed by atoms with E-state index in [-0.39, 0.29) is 6.42 Å². The fourth-order valence-corrected chi connectivity index (χ4v) is 4.30. The van der Waals surface area contributed by atoms with E-state index in [0.717, 1.165) is 16.5 Å². The molecule has 0 fully saturated rings. The van der Waals surface area contributed by atoms with Gasteiger partial charge in [0.2, 0.25) is 6.41 Å². The number of rotatable bonds is 13. The first-order valence-electron chi connectivity index (χ1n) is 13.7. The number of aliphatic imine (C=N–C) groups is 1. The standard InChI is InChI=1S/C33H32FN5O4/c1-2-3-8-23(29-20-30(43-38-29)33(35)25-19-24-9-4-5-10-28(24)37-21-25)17-18-36-31(11-6-7-12-32(41)42)39(22-40)27-15-13-26(34)14-16-27/h2-5,8-10,13-22,33H,6-7,11-12,35H2,1H3,(H,41,42)/b3-2+,18-17+,23-8+,36-31?. The Hall–Kier alpha value is -5.22. The molecule has 220 valence electrons. The number of anilines is 1. The summed E-state index contributed by atoms with van der Waals surface area (Å²) in [5.74, 6) is -0.499. The lowest BCUT2D eigenvalue weighted by molar-refractivity contribution is -0.137. The average Bonchev–Trinajstić information content (AvgIpc) is 3.51. The van der Waals surface area contributed by atoms with Gasteiger partial charge in [-0.15, -0.1) is 0 Å². The highest BCUT2D eigenvalue weighted by Crippen LogP contribution is 2.26. The van der Waals surface area contributed by atoms with Crippen LogP contribution in [0.15, 0.2) is 107 Å². The van der Waals surface area contributed by atoms with Crippen molar-refractivity contribution in [2.24, 2.45) is 10.7 Å². The van der Waals surface area contributed by atoms with Crippen LogP contribution in [0.25, 0.3) is 16.5 Å². The Bertz CT molecular complexity index is 1670. The van der Waals surface area contributed by atoms with Crippen LogP contribution in [-0.4, -0.2) is 33.5 Å². The van der Waals surface area contributed by atoms with Gasteiger partial charge in [-0.3, -0.25) is 19.5 Å². The van der Waals surface area contributed by atoms with Crippen molar-refractivity contribution in [2.45, 2.75) is 38.6 Å². The van der Waals surface area contributed by atoms with Crippen molar-refractivity contribution in [1.29, 1.82) is 0 Å². The number of para-hydroxylation sites is 1. The number of hydrogen-bond donors (Lipinski definition) is 2. The molecule has 1 amide bonds. The number of carboxylic acid groups (broad SMARTS) is 1. The van der Waals surface area contributed by atoms with Crippen LogP contribution < -0.4 is 10.6 Å². The van der Waals surface area contributed by atoms with Crippen LogP contribution in [0.4, 0.5) is 10.1 Å². The molecule has 1 atom stereocenters. The lowest BCUT2D eigenvalue weighted by Gasteiger charge is -2.19. The number of carbonyl (C=O) groups excluding carboxylic acids is 1. The van der Waals surface area contributed by atoms with Crippen LogP contribution in [0, 0.1) is 5.82 Å². The van der Waals surface area contributed by atoms with Crippen LogP contribution in [0.2, 0.25) is 0 Å². The number of amides is 1. The Morgan fingerprint density at radius 3 is 2.65 bits per heavy atom. The van der Waals surface area contributed by atoms with E-state index in [1.807, 2.05) is 55.5 Å². The SMILES string of the molecule is C/C=C/C=C(\C=C\N=C(CCCCC(=O)O)N(C=O)c1ccc(F)cc1)c1cc(C(N)c2cnc3ccccc3c2)on1. The molecule has 2 aromatic heterocycles. The third kappa shape index (κ3) is 8.40. The Kier molecular flexibility index (Phi) is 10.8. The van der Waals surface area contributed by atoms with Gasteiger partial charge in [0, 0.05) is 48.0 Å². The molecule has 4 rings (SSSR count). The van der Waals surface area contributed by atoms with Crippen LogP contribution in [0.5, 0.6) is 0 Å². The molecule has 2 heterocycles. The Morgan fingerprint density at radius 2 is 1.91 bits per heavy atom. The fourth-order valence-electron chi connectivity index (χ4n) is 4.30. The monoisotopic (exact) mass is 581 g/mol. The van der Waals surface area contributed by atoms with Crippen LogP contribution in [-0.2, 0) is 9.59 Å². The van der Waals surface area contributed by atoms with Gasteiger partial charge in [0.05, 0.1) is 11.6 Å². The zero-order valence-corrected chi connectivity index (χ0v) is 23.6. The Labute approximate surface area is 248 Å². The molecule has 0 aliphatic heterocycles. The van der Waals surface area contributed by atoms with E-state index < -0.39 is 17.8 Å². The summed E-state index contributed by atoms with van der Waals surface area (Å²) in [6.07, 6.45) is 12.3. The minimum absolute atomic E-state index is 0.00287. The summed E-state index contributed by atoms with van der Waals surface area (Å²) in [4.78, 5) is 33.3. The fraction of sp³-hybridized carbons (Fsp3) is 0.182. The van der Waals surface area contributed by atoms with Gasteiger partial charge < -0.3 is 15.4 Å². The zero-order chi connectivity index (χ0) is 30.6. The molecular formula is C33H32FN5O4. The molecule has 43 heavy (non-hydrogen) atoms. The van der Waals surface area contributed by atoms with Gasteiger partial charge in [0.25, 0.3) is 0 Å². The Morgan fingerprint density at radius 1 is 1.14 bits per heavy atom. The molecule has 4 aromatic rings. The van der Waals surface area contributed by atoms with E-state index >= 15 is 0 Å². The summed E-state index contributed by atoms with van der Waals surface area (Å²) < 4.78 is 19.1. The van der Waals surface area contributed by atoms with Gasteiger partial charge in [-0.1, -0.05) is 41.6 Å². The van der Waals surface area contributed by atoms with E-state index in [1.165, 1.54) is 35.4 Å². The second kappa shape index (κ2) is 15.1. The molecule has 0 radical (unpaired) electrons. The summed E-state index contributed by atoms with van der Waals surface area (Å²) in [5.41, 5.74) is 9.79. The molecule has 0 saturated heterocycles. The first-order chi connectivity index (χ1) is 20.9. The Balaban J connectivity index is 1.59. The minimum Gasteiger partial charge on any atom is -0.481 e. The average molecular weight is 582 g/mol. The van der Waals surface area contributed by atoms with E-state index in [1.54, 1.807) is 18.3 Å². The van der Waals surface area contributed by atoms with Gasteiger partial charge in [-0.25, -0.2) is 9.38 Å². The number of fused-ring (bicyclic) bond motifs is 1. The second-order valence-electron chi connectivity index (χ2n) is 9.62. The maximum atomic E-state index is 13.5. The summed E-state index contributed by atoms with van der Waals surface area (Å²) in [6.45, 7) is 1.88. The van der Waals surface area contributed by atoms with E-state index in [9.17, 15) is 14.0 Å². The summed E-state index contributed by atoms with van der Waals surface area (Å²) >= 11 is 0. The smallest absolute Gasteiger partial charge is 0.303 e.